The maximum atomic E-state index is 13.0. The molecule has 5 nitrogen and oxygen atoms in total. The van der Waals surface area contributed by atoms with E-state index in [1.807, 2.05) is 32.9 Å². The molecule has 3 aromatic heterocycles. The van der Waals surface area contributed by atoms with Gasteiger partial charge in [0.15, 0.2) is 0 Å². The molecule has 0 aliphatic heterocycles. The molecular weight excluding hydrogens is 456 g/mol. The number of aromatic amines is 2. The van der Waals surface area contributed by atoms with Gasteiger partial charge in [0.25, 0.3) is 5.56 Å². The first-order valence-electron chi connectivity index (χ1n) is 8.91. The zero-order chi connectivity index (χ0) is 19.3. The van der Waals surface area contributed by atoms with Crippen LogP contribution in [0.15, 0.2) is 23.0 Å². The third kappa shape index (κ3) is 4.23. The van der Waals surface area contributed by atoms with Gasteiger partial charge in [-0.3, -0.25) is 9.78 Å². The van der Waals surface area contributed by atoms with Crippen LogP contribution >= 0.6 is 11.3 Å². The molecule has 1 atom stereocenters. The second-order valence-electron chi connectivity index (χ2n) is 7.13. The normalized spacial score (nSPS) is 12.0. The van der Waals surface area contributed by atoms with E-state index in [4.69, 9.17) is 7.85 Å². The summed E-state index contributed by atoms with van der Waals surface area (Å²) in [5.74, 6) is 0.448. The van der Waals surface area contributed by atoms with Crippen LogP contribution in [0.1, 0.15) is 24.3 Å². The molecule has 0 spiro atoms. The summed E-state index contributed by atoms with van der Waals surface area (Å²) in [6.07, 6.45) is 0. The molecule has 4 rings (SSSR count). The van der Waals surface area contributed by atoms with Gasteiger partial charge in [-0.2, -0.15) is 12.1 Å². The second-order valence-corrected chi connectivity index (χ2v) is 8.36. The van der Waals surface area contributed by atoms with Crippen molar-refractivity contribution in [2.75, 3.05) is 5.32 Å². The smallest absolute Gasteiger partial charge is 0.261 e. The number of aromatic nitrogens is 3. The first-order valence-corrected chi connectivity index (χ1v) is 9.72. The molecule has 1 aromatic carbocycles. The summed E-state index contributed by atoms with van der Waals surface area (Å²) >= 11 is 1.65. The first kappa shape index (κ1) is 23.8. The summed E-state index contributed by atoms with van der Waals surface area (Å²) in [6.45, 7) is 8.17. The molecule has 4 aromatic rings. The predicted molar refractivity (Wildman–Crippen MR) is 120 cm³/mol. The van der Waals surface area contributed by atoms with Gasteiger partial charge >= 0.3 is 0 Å². The van der Waals surface area contributed by atoms with E-state index in [2.05, 4.69) is 33.3 Å². The van der Waals surface area contributed by atoms with Gasteiger partial charge in [-0.15, -0.1) is 23.5 Å². The Bertz CT molecular complexity index is 1180. The minimum absolute atomic E-state index is 0. The zero-order valence-corrected chi connectivity index (χ0v) is 21.0. The van der Waals surface area contributed by atoms with Gasteiger partial charge in [0.2, 0.25) is 0 Å². The van der Waals surface area contributed by atoms with Gasteiger partial charge in [0.05, 0.1) is 23.8 Å². The molecule has 3 radical (unpaired) electrons. The van der Waals surface area contributed by atoms with Crippen LogP contribution in [0.25, 0.3) is 32.6 Å². The van der Waals surface area contributed by atoms with E-state index >= 15 is 0 Å². The number of hydrogen-bond acceptors (Lipinski definition) is 4. The van der Waals surface area contributed by atoms with Gasteiger partial charge in [0, 0.05) is 37.6 Å². The van der Waals surface area contributed by atoms with Crippen molar-refractivity contribution in [2.24, 2.45) is 5.92 Å². The third-order valence-corrected chi connectivity index (χ3v) is 6.15. The van der Waals surface area contributed by atoms with Crippen LogP contribution in [-0.4, -0.2) is 28.7 Å². The maximum Gasteiger partial charge on any atom is 0.261 e. The number of benzene rings is 1. The van der Waals surface area contributed by atoms with E-state index in [0.29, 0.717) is 11.4 Å². The van der Waals surface area contributed by atoms with Gasteiger partial charge < -0.3 is 22.7 Å². The fourth-order valence-electron chi connectivity index (χ4n) is 3.07. The van der Waals surface area contributed by atoms with E-state index in [-0.39, 0.29) is 57.6 Å². The SMILES string of the molecule is [B]C(Nc1c(-c2nc3c[c-]ccc3[nH]2)c(=O)[nH]c2c(C)c(C)sc12)C(C)C.[CH3-].[Y]. The van der Waals surface area contributed by atoms with Crippen LogP contribution in [0.5, 0.6) is 0 Å². The molecule has 147 valence electrons. The molecule has 0 aliphatic rings. The molecule has 3 N–H and O–H groups in total. The number of rotatable bonds is 4. The van der Waals surface area contributed by atoms with Crippen molar-refractivity contribution in [1.82, 2.24) is 15.0 Å². The zero-order valence-electron chi connectivity index (χ0n) is 17.3. The fraction of sp³-hybridized carbons (Fsp3) is 0.286. The van der Waals surface area contributed by atoms with Crippen molar-refractivity contribution in [2.45, 2.75) is 33.6 Å². The van der Waals surface area contributed by atoms with E-state index in [1.54, 1.807) is 17.4 Å². The Morgan fingerprint density at radius 2 is 2.00 bits per heavy atom. The average Bonchev–Trinajstić information content (AvgIpc) is 3.17. The molecule has 0 bridgehead atoms. The molecule has 0 saturated heterocycles. The second kappa shape index (κ2) is 9.15. The van der Waals surface area contributed by atoms with Crippen molar-refractivity contribution < 1.29 is 32.7 Å². The van der Waals surface area contributed by atoms with Crippen molar-refractivity contribution in [3.63, 3.8) is 0 Å². The molecule has 0 aliphatic carbocycles. The standard InChI is InChI=1S/C20H20BN4OS.CH3.Y/c1-9(2)18(21)24-16-14(19-22-12-7-5-6-8-13(12)23-19)20(26)25-15-10(3)11(4)27-17(15)16;;/h5,7-9,18H,1-4H3,(H,22,23)(H2,24,25,26);1H3;/q2*-1;. The summed E-state index contributed by atoms with van der Waals surface area (Å²) in [5, 5.41) is 3.38. The summed E-state index contributed by atoms with van der Waals surface area (Å²) in [4.78, 5) is 25.1. The van der Waals surface area contributed by atoms with E-state index in [1.165, 1.54) is 0 Å². The fourth-order valence-corrected chi connectivity index (χ4v) is 4.20. The van der Waals surface area contributed by atoms with Gasteiger partial charge in [-0.25, -0.2) is 0 Å². The Labute approximate surface area is 201 Å². The quantitative estimate of drug-likeness (QED) is 0.297. The van der Waals surface area contributed by atoms with Crippen molar-refractivity contribution in [1.29, 1.82) is 0 Å². The molecule has 0 fully saturated rings. The summed E-state index contributed by atoms with van der Waals surface area (Å²) in [7, 11) is 6.30. The van der Waals surface area contributed by atoms with E-state index in [9.17, 15) is 4.79 Å². The van der Waals surface area contributed by atoms with Crippen LogP contribution in [0.3, 0.4) is 0 Å². The number of anilines is 1. The number of hydrogen-bond donors (Lipinski definition) is 3. The number of nitrogens with one attached hydrogen (secondary N) is 3. The van der Waals surface area contributed by atoms with Crippen LogP contribution in [-0.2, 0) is 32.7 Å². The molecule has 29 heavy (non-hydrogen) atoms. The summed E-state index contributed by atoms with van der Waals surface area (Å²) < 4.78 is 0.989. The Kier molecular flexibility index (Phi) is 7.52. The Morgan fingerprint density at radius 1 is 1.28 bits per heavy atom. The van der Waals surface area contributed by atoms with Crippen LogP contribution in [0, 0.1) is 33.3 Å². The number of H-pyrrole nitrogens is 2. The monoisotopic (exact) mass is 479 g/mol. The molecule has 0 saturated carbocycles. The predicted octanol–water partition coefficient (Wildman–Crippen LogP) is 4.56. The minimum atomic E-state index is -0.283. The number of thiophene rings is 1. The van der Waals surface area contributed by atoms with Gasteiger partial charge in [0.1, 0.15) is 11.4 Å². The van der Waals surface area contributed by atoms with Gasteiger partial charge in [-0.1, -0.05) is 13.8 Å². The number of imidazole rings is 1. The van der Waals surface area contributed by atoms with E-state index < -0.39 is 0 Å². The minimum Gasteiger partial charge on any atom is -0.389 e. The van der Waals surface area contributed by atoms with Crippen LogP contribution in [0.4, 0.5) is 5.69 Å². The summed E-state index contributed by atoms with van der Waals surface area (Å²) in [5.41, 5.74) is 4.60. The molecule has 1 unspecified atom stereocenters. The van der Waals surface area contributed by atoms with Crippen LogP contribution in [0.2, 0.25) is 0 Å². The maximum absolute atomic E-state index is 13.0. The largest absolute Gasteiger partial charge is 0.389 e. The number of fused-ring (bicyclic) bond motifs is 2. The van der Waals surface area contributed by atoms with Crippen molar-refractivity contribution in [3.8, 4) is 11.4 Å². The topological polar surface area (TPSA) is 73.6 Å². The summed E-state index contributed by atoms with van der Waals surface area (Å²) in [6, 6.07) is 8.53. The number of nitrogens with zero attached hydrogens (tertiary/aromatic N) is 1. The van der Waals surface area contributed by atoms with Crippen molar-refractivity contribution in [3.05, 3.63) is 52.5 Å². The van der Waals surface area contributed by atoms with Gasteiger partial charge in [-0.05, 0) is 42.3 Å². The number of pyridine rings is 1. The Morgan fingerprint density at radius 3 is 2.66 bits per heavy atom. The Hall–Kier alpha value is -1.43. The molecule has 3 heterocycles. The molecule has 8 heteroatoms. The third-order valence-electron chi connectivity index (χ3n) is 4.92. The van der Waals surface area contributed by atoms with Crippen LogP contribution < -0.4 is 10.9 Å². The van der Waals surface area contributed by atoms with Crippen molar-refractivity contribution >= 4 is 46.1 Å². The van der Waals surface area contributed by atoms with E-state index in [0.717, 1.165) is 37.4 Å². The average molecular weight is 479 g/mol. The molecular formula is C21H23BN4OSY-2. The number of aryl methyl sites for hydroxylation is 2. The Balaban J connectivity index is 0.00000150. The molecule has 0 amide bonds. The first-order chi connectivity index (χ1) is 12.9.